The molecule has 182 valence electrons. The number of allylic oxidation sites excluding steroid dienone is 3. The van der Waals surface area contributed by atoms with Gasteiger partial charge in [-0.2, -0.15) is 0 Å². The lowest BCUT2D eigenvalue weighted by Gasteiger charge is -2.34. The van der Waals surface area contributed by atoms with Crippen LogP contribution in [0, 0.1) is 5.92 Å². The average Bonchev–Trinajstić information content (AvgIpc) is 2.78. The van der Waals surface area contributed by atoms with Crippen molar-refractivity contribution in [1.29, 1.82) is 0 Å². The molecule has 0 bridgehead atoms. The molecule has 1 fully saturated rings. The number of carbonyl (C=O) groups is 1. The molecule has 2 N–H and O–H groups in total. The van der Waals surface area contributed by atoms with E-state index in [-0.39, 0.29) is 35.3 Å². The van der Waals surface area contributed by atoms with Gasteiger partial charge < -0.3 is 15.1 Å². The number of carbonyl (C=O) groups excluding carboxylic acids is 1. The van der Waals surface area contributed by atoms with Crippen LogP contribution in [0.25, 0.3) is 0 Å². The van der Waals surface area contributed by atoms with Gasteiger partial charge in [0.2, 0.25) is 0 Å². The summed E-state index contributed by atoms with van der Waals surface area (Å²) < 4.78 is 0. The molecule has 0 spiro atoms. The smallest absolute Gasteiger partial charge is 0.257 e. The molecule has 3 rings (SSSR count). The van der Waals surface area contributed by atoms with Crippen LogP contribution in [0.5, 0.6) is 11.5 Å². The number of nitrogens with zero attached hydrogens (tertiary/aromatic N) is 1. The standard InChI is InChI=1S/C29H43NO3/c1-6-7-9-12-21-18-25(31)27(24-17-20(4)15-16-23(24)19(2)3)28(32)26(21)29(33)30(5)22-13-10-8-11-14-22/h17-18,22-24,31-32H,2,6-16H2,1,3-5H3. The van der Waals surface area contributed by atoms with Crippen LogP contribution in [0.1, 0.15) is 112 Å². The molecule has 2 aliphatic rings. The highest BCUT2D eigenvalue weighted by Crippen LogP contribution is 2.48. The number of benzene rings is 1. The fraction of sp³-hybridized carbons (Fsp3) is 0.621. The normalized spacial score (nSPS) is 21.5. The van der Waals surface area contributed by atoms with Gasteiger partial charge in [-0.3, -0.25) is 4.79 Å². The zero-order valence-corrected chi connectivity index (χ0v) is 21.1. The number of hydrogen-bond donors (Lipinski definition) is 2. The van der Waals surface area contributed by atoms with Crippen molar-refractivity contribution in [1.82, 2.24) is 4.90 Å². The molecule has 0 aromatic heterocycles. The van der Waals surface area contributed by atoms with Crippen molar-refractivity contribution < 1.29 is 15.0 Å². The first-order chi connectivity index (χ1) is 15.8. The third-order valence-electron chi connectivity index (χ3n) is 7.82. The van der Waals surface area contributed by atoms with Crippen molar-refractivity contribution in [2.45, 2.75) is 103 Å². The number of phenolic OH excluding ortho intramolecular Hbond substituents is 2. The van der Waals surface area contributed by atoms with Gasteiger partial charge in [-0.05, 0) is 69.9 Å². The van der Waals surface area contributed by atoms with Crippen molar-refractivity contribution >= 4 is 5.91 Å². The molecular weight excluding hydrogens is 410 g/mol. The van der Waals surface area contributed by atoms with Crippen molar-refractivity contribution in [3.05, 3.63) is 46.6 Å². The van der Waals surface area contributed by atoms with Gasteiger partial charge in [0.15, 0.2) is 0 Å². The summed E-state index contributed by atoms with van der Waals surface area (Å²) in [7, 11) is 1.88. The predicted molar refractivity (Wildman–Crippen MR) is 136 cm³/mol. The molecule has 2 aliphatic carbocycles. The second-order valence-electron chi connectivity index (χ2n) is 10.4. The van der Waals surface area contributed by atoms with Gasteiger partial charge in [-0.1, -0.05) is 62.8 Å². The van der Waals surface area contributed by atoms with E-state index in [9.17, 15) is 15.0 Å². The SMILES string of the molecule is C=C(C)C1CCC(C)=CC1c1c(O)cc(CCCCC)c(C(=O)N(C)C2CCCCC2)c1O. The zero-order chi connectivity index (χ0) is 24.1. The summed E-state index contributed by atoms with van der Waals surface area (Å²) in [5, 5.41) is 22.7. The molecule has 4 heteroatoms. The quantitative estimate of drug-likeness (QED) is 0.322. The zero-order valence-electron chi connectivity index (χ0n) is 21.1. The van der Waals surface area contributed by atoms with Crippen molar-refractivity contribution in [3.63, 3.8) is 0 Å². The summed E-state index contributed by atoms with van der Waals surface area (Å²) in [5.74, 6) is -0.0899. The lowest BCUT2D eigenvalue weighted by molar-refractivity contribution is 0.0691. The minimum absolute atomic E-state index is 0.0312. The number of unbranched alkanes of at least 4 members (excludes halogenated alkanes) is 2. The van der Waals surface area contributed by atoms with Gasteiger partial charge in [0.05, 0.1) is 5.56 Å². The summed E-state index contributed by atoms with van der Waals surface area (Å²) >= 11 is 0. The summed E-state index contributed by atoms with van der Waals surface area (Å²) in [6.45, 7) is 10.4. The van der Waals surface area contributed by atoms with Crippen LogP contribution in [-0.2, 0) is 6.42 Å². The molecule has 1 saturated carbocycles. The lowest BCUT2D eigenvalue weighted by Crippen LogP contribution is -2.38. The third kappa shape index (κ3) is 5.65. The Bertz CT molecular complexity index is 895. The van der Waals surface area contributed by atoms with Crippen molar-refractivity contribution in [3.8, 4) is 11.5 Å². The molecule has 1 aromatic carbocycles. The van der Waals surface area contributed by atoms with Crippen molar-refractivity contribution in [2.24, 2.45) is 5.92 Å². The molecule has 1 amide bonds. The van der Waals surface area contributed by atoms with Gasteiger partial charge in [-0.15, -0.1) is 0 Å². The van der Waals surface area contributed by atoms with E-state index in [1.807, 2.05) is 18.9 Å². The Balaban J connectivity index is 2.09. The Hall–Kier alpha value is -2.23. The largest absolute Gasteiger partial charge is 0.507 e. The van der Waals surface area contributed by atoms with Gasteiger partial charge in [0.1, 0.15) is 11.5 Å². The van der Waals surface area contributed by atoms with Gasteiger partial charge in [-0.25, -0.2) is 0 Å². The summed E-state index contributed by atoms with van der Waals surface area (Å²) in [6, 6.07) is 1.96. The highest BCUT2D eigenvalue weighted by Gasteiger charge is 2.34. The van der Waals surface area contributed by atoms with Gasteiger partial charge >= 0.3 is 0 Å². The van der Waals surface area contributed by atoms with Crippen LogP contribution in [0.2, 0.25) is 0 Å². The minimum atomic E-state index is -0.174. The maximum absolute atomic E-state index is 13.8. The molecular formula is C29H43NO3. The highest BCUT2D eigenvalue weighted by molar-refractivity contribution is 5.99. The number of rotatable bonds is 8. The first-order valence-electron chi connectivity index (χ1n) is 12.9. The fourth-order valence-electron chi connectivity index (χ4n) is 5.77. The second kappa shape index (κ2) is 11.3. The molecule has 2 unspecified atom stereocenters. The molecule has 0 saturated heterocycles. The summed E-state index contributed by atoms with van der Waals surface area (Å²) in [5.41, 5.74) is 3.93. The predicted octanol–water partition coefficient (Wildman–Crippen LogP) is 7.25. The van der Waals surface area contributed by atoms with Crippen LogP contribution in [0.3, 0.4) is 0 Å². The maximum Gasteiger partial charge on any atom is 0.257 e. The van der Waals surface area contributed by atoms with Crippen molar-refractivity contribution in [2.75, 3.05) is 7.05 Å². The third-order valence-corrected chi connectivity index (χ3v) is 7.82. The number of aryl methyl sites for hydroxylation is 1. The Labute approximate surface area is 200 Å². The summed E-state index contributed by atoms with van der Waals surface area (Å²) in [4.78, 5) is 15.6. The first-order valence-corrected chi connectivity index (χ1v) is 12.9. The number of amides is 1. The van der Waals surface area contributed by atoms with E-state index in [0.29, 0.717) is 17.5 Å². The average molecular weight is 454 g/mol. The molecule has 4 nitrogen and oxygen atoms in total. The van der Waals surface area contributed by atoms with Crippen LogP contribution in [-0.4, -0.2) is 34.1 Å². The van der Waals surface area contributed by atoms with Crippen LogP contribution >= 0.6 is 0 Å². The molecule has 33 heavy (non-hydrogen) atoms. The second-order valence-corrected chi connectivity index (χ2v) is 10.4. The first kappa shape index (κ1) is 25.4. The van der Waals surface area contributed by atoms with Gasteiger partial charge in [0, 0.05) is 24.6 Å². The monoisotopic (exact) mass is 453 g/mol. The maximum atomic E-state index is 13.8. The van der Waals surface area contributed by atoms with E-state index < -0.39 is 0 Å². The van der Waals surface area contributed by atoms with Gasteiger partial charge in [0.25, 0.3) is 5.91 Å². The van der Waals surface area contributed by atoms with Crippen LogP contribution in [0.4, 0.5) is 0 Å². The Morgan fingerprint density at radius 2 is 1.85 bits per heavy atom. The van der Waals surface area contributed by atoms with E-state index >= 15 is 0 Å². The van der Waals surface area contributed by atoms with Crippen LogP contribution in [0.15, 0.2) is 29.9 Å². The number of phenols is 2. The van der Waals surface area contributed by atoms with E-state index in [0.717, 1.165) is 68.9 Å². The number of hydrogen-bond acceptors (Lipinski definition) is 3. The van der Waals surface area contributed by atoms with E-state index in [1.54, 1.807) is 6.07 Å². The Kier molecular flexibility index (Phi) is 8.67. The molecule has 0 radical (unpaired) electrons. The number of aromatic hydroxyl groups is 2. The molecule has 0 heterocycles. The highest BCUT2D eigenvalue weighted by atomic mass is 16.3. The Morgan fingerprint density at radius 3 is 2.48 bits per heavy atom. The Morgan fingerprint density at radius 1 is 1.15 bits per heavy atom. The lowest BCUT2D eigenvalue weighted by atomic mass is 9.73. The molecule has 0 aliphatic heterocycles. The summed E-state index contributed by atoms with van der Waals surface area (Å²) in [6.07, 6.45) is 13.4. The molecule has 2 atom stereocenters. The van der Waals surface area contributed by atoms with E-state index in [4.69, 9.17) is 0 Å². The van der Waals surface area contributed by atoms with Crippen LogP contribution < -0.4 is 0 Å². The minimum Gasteiger partial charge on any atom is -0.507 e. The fourth-order valence-corrected chi connectivity index (χ4v) is 5.77. The van der Waals surface area contributed by atoms with E-state index in [1.165, 1.54) is 12.0 Å². The topological polar surface area (TPSA) is 60.8 Å². The van der Waals surface area contributed by atoms with E-state index in [2.05, 4.69) is 26.5 Å². The molecule has 1 aromatic rings.